The highest BCUT2D eigenvalue weighted by Crippen LogP contribution is 2.47. The fourth-order valence-electron chi connectivity index (χ4n) is 4.91. The number of carbonyl (C=O) groups is 2. The van der Waals surface area contributed by atoms with E-state index in [1.807, 2.05) is 0 Å². The molecule has 1 saturated carbocycles. The van der Waals surface area contributed by atoms with Crippen molar-refractivity contribution in [3.63, 3.8) is 0 Å². The number of halogens is 2. The number of fused-ring (bicyclic) bond motifs is 1. The van der Waals surface area contributed by atoms with Crippen molar-refractivity contribution >= 4 is 40.1 Å². The molecule has 166 valence electrons. The van der Waals surface area contributed by atoms with E-state index in [0.717, 1.165) is 24.6 Å². The Morgan fingerprint density at radius 3 is 2.81 bits per heavy atom. The van der Waals surface area contributed by atoms with Crippen molar-refractivity contribution in [2.24, 2.45) is 5.41 Å². The molecule has 2 N–H and O–H groups in total. The number of pyridine rings is 1. The molecule has 7 nitrogen and oxygen atoms in total. The quantitative estimate of drug-likeness (QED) is 0.620. The zero-order valence-corrected chi connectivity index (χ0v) is 18.4. The first-order valence-electron chi connectivity index (χ1n) is 10.7. The second kappa shape index (κ2) is 7.85. The maximum absolute atomic E-state index is 13.8. The summed E-state index contributed by atoms with van der Waals surface area (Å²) in [5.41, 5.74) is 1.73. The molecular formula is C23H23ClFN5O2. The molecule has 0 unspecified atom stereocenters. The molecule has 2 amide bonds. The van der Waals surface area contributed by atoms with Gasteiger partial charge in [0, 0.05) is 24.2 Å². The van der Waals surface area contributed by atoms with Crippen molar-refractivity contribution in [3.05, 3.63) is 52.6 Å². The molecule has 9 heteroatoms. The summed E-state index contributed by atoms with van der Waals surface area (Å²) in [6.45, 7) is 2.23. The highest BCUT2D eigenvalue weighted by molar-refractivity contribution is 6.34. The van der Waals surface area contributed by atoms with Crippen LogP contribution in [0.2, 0.25) is 5.02 Å². The predicted octanol–water partition coefficient (Wildman–Crippen LogP) is 4.15. The predicted molar refractivity (Wildman–Crippen MR) is 119 cm³/mol. The normalized spacial score (nSPS) is 23.3. The van der Waals surface area contributed by atoms with E-state index in [-0.39, 0.29) is 28.7 Å². The van der Waals surface area contributed by atoms with E-state index < -0.39 is 5.41 Å². The molecule has 1 saturated heterocycles. The first-order chi connectivity index (χ1) is 15.4. The average molecular weight is 456 g/mol. The van der Waals surface area contributed by atoms with Gasteiger partial charge >= 0.3 is 0 Å². The summed E-state index contributed by atoms with van der Waals surface area (Å²) in [4.78, 5) is 31.9. The Balaban J connectivity index is 1.24. The Bertz CT molecular complexity index is 1220. The number of amides is 2. The number of aromatic nitrogens is 3. The third-order valence-corrected chi connectivity index (χ3v) is 7.17. The van der Waals surface area contributed by atoms with Crippen molar-refractivity contribution in [2.45, 2.75) is 45.1 Å². The summed E-state index contributed by atoms with van der Waals surface area (Å²) >= 11 is 6.25. The molecule has 3 heterocycles. The minimum atomic E-state index is -0.440. The number of hydrogen-bond acceptors (Lipinski definition) is 4. The number of carbonyl (C=O) groups excluding carboxylic acids is 2. The topological polar surface area (TPSA) is 91.0 Å². The Morgan fingerprint density at radius 1 is 1.25 bits per heavy atom. The van der Waals surface area contributed by atoms with Gasteiger partial charge in [0.25, 0.3) is 5.91 Å². The number of anilines is 1. The zero-order chi connectivity index (χ0) is 22.5. The minimum absolute atomic E-state index is 0.00618. The van der Waals surface area contributed by atoms with E-state index in [1.54, 1.807) is 30.2 Å². The summed E-state index contributed by atoms with van der Waals surface area (Å²) in [7, 11) is 0. The van der Waals surface area contributed by atoms with Crippen LogP contribution in [0.1, 0.15) is 48.0 Å². The van der Waals surface area contributed by atoms with Gasteiger partial charge in [0.1, 0.15) is 5.82 Å². The molecule has 1 aromatic carbocycles. The SMILES string of the molecule is Cc1cc(N2CCC3(CCC(NC(=O)c4cnc5[nH]ncc5c4)CC3)C2=O)c(Cl)cc1F. The number of H-pyrrole nitrogens is 1. The first kappa shape index (κ1) is 20.9. The molecule has 1 aliphatic heterocycles. The van der Waals surface area contributed by atoms with Gasteiger partial charge in [-0.15, -0.1) is 0 Å². The maximum Gasteiger partial charge on any atom is 0.253 e. The lowest BCUT2D eigenvalue weighted by atomic mass is 9.71. The van der Waals surface area contributed by atoms with Crippen molar-refractivity contribution in [1.29, 1.82) is 0 Å². The van der Waals surface area contributed by atoms with Gasteiger partial charge in [0.15, 0.2) is 5.65 Å². The smallest absolute Gasteiger partial charge is 0.253 e. The second-order valence-corrected chi connectivity index (χ2v) is 9.23. The van der Waals surface area contributed by atoms with Gasteiger partial charge in [-0.25, -0.2) is 9.37 Å². The number of rotatable bonds is 3. The highest BCUT2D eigenvalue weighted by Gasteiger charge is 2.49. The number of nitrogens with zero attached hydrogens (tertiary/aromatic N) is 3. The molecule has 0 radical (unpaired) electrons. The molecule has 3 aromatic rings. The van der Waals surface area contributed by atoms with Gasteiger partial charge in [0.2, 0.25) is 5.91 Å². The molecule has 0 atom stereocenters. The van der Waals surface area contributed by atoms with Crippen molar-refractivity contribution in [2.75, 3.05) is 11.4 Å². The van der Waals surface area contributed by atoms with Crippen LogP contribution < -0.4 is 10.2 Å². The van der Waals surface area contributed by atoms with Gasteiger partial charge < -0.3 is 10.2 Å². The van der Waals surface area contributed by atoms with E-state index in [9.17, 15) is 14.0 Å². The van der Waals surface area contributed by atoms with Crippen molar-refractivity contribution in [1.82, 2.24) is 20.5 Å². The molecule has 32 heavy (non-hydrogen) atoms. The van der Waals surface area contributed by atoms with Crippen molar-refractivity contribution < 1.29 is 14.0 Å². The van der Waals surface area contributed by atoms with E-state index in [1.165, 1.54) is 12.3 Å². The van der Waals surface area contributed by atoms with Gasteiger partial charge in [-0.2, -0.15) is 5.10 Å². The first-order valence-corrected chi connectivity index (χ1v) is 11.1. The lowest BCUT2D eigenvalue weighted by Crippen LogP contribution is -2.44. The largest absolute Gasteiger partial charge is 0.349 e. The van der Waals surface area contributed by atoms with E-state index in [2.05, 4.69) is 20.5 Å². The summed E-state index contributed by atoms with van der Waals surface area (Å²) in [5, 5.41) is 10.8. The number of benzene rings is 1. The number of aromatic amines is 1. The molecule has 1 aliphatic carbocycles. The lowest BCUT2D eigenvalue weighted by molar-refractivity contribution is -0.127. The van der Waals surface area contributed by atoms with Crippen LogP contribution in [0.3, 0.4) is 0 Å². The van der Waals surface area contributed by atoms with E-state index in [0.29, 0.717) is 41.8 Å². The van der Waals surface area contributed by atoms with Crippen LogP contribution in [0.5, 0.6) is 0 Å². The zero-order valence-electron chi connectivity index (χ0n) is 17.6. The Kier molecular flexibility index (Phi) is 5.12. The number of aryl methyl sites for hydroxylation is 1. The van der Waals surface area contributed by atoms with Crippen molar-refractivity contribution in [3.8, 4) is 0 Å². The summed E-state index contributed by atoms with van der Waals surface area (Å²) in [6.07, 6.45) is 6.75. The third kappa shape index (κ3) is 3.52. The van der Waals surface area contributed by atoms with Crippen LogP contribution in [0, 0.1) is 18.2 Å². The van der Waals surface area contributed by atoms with Crippen LogP contribution >= 0.6 is 11.6 Å². The molecule has 2 aliphatic rings. The van der Waals surface area contributed by atoms with Crippen LogP contribution in [0.4, 0.5) is 10.1 Å². The number of nitrogens with one attached hydrogen (secondary N) is 2. The van der Waals surface area contributed by atoms with E-state index >= 15 is 0 Å². The fraction of sp³-hybridized carbons (Fsp3) is 0.391. The minimum Gasteiger partial charge on any atom is -0.349 e. The Labute approximate surface area is 189 Å². The molecule has 2 fully saturated rings. The van der Waals surface area contributed by atoms with Gasteiger partial charge in [0.05, 0.1) is 27.9 Å². The molecule has 1 spiro atoms. The standard InChI is InChI=1S/C23H23ClFN5O2/c1-13-8-19(17(24)10-18(13)25)30-7-6-23(22(30)32)4-2-16(3-5-23)28-21(31)15-9-14-12-27-29-20(14)26-11-15/h8-12,16H,2-7H2,1H3,(H,28,31)(H,26,27,29). The van der Waals surface area contributed by atoms with Crippen LogP contribution in [0.25, 0.3) is 11.0 Å². The highest BCUT2D eigenvalue weighted by atomic mass is 35.5. The Morgan fingerprint density at radius 2 is 2.03 bits per heavy atom. The molecule has 2 aromatic heterocycles. The summed E-state index contributed by atoms with van der Waals surface area (Å²) in [5.74, 6) is -0.502. The van der Waals surface area contributed by atoms with Crippen LogP contribution in [-0.4, -0.2) is 39.6 Å². The monoisotopic (exact) mass is 455 g/mol. The molecule has 0 bridgehead atoms. The Hall–Kier alpha value is -3.00. The van der Waals surface area contributed by atoms with Crippen LogP contribution in [-0.2, 0) is 4.79 Å². The molecular weight excluding hydrogens is 433 g/mol. The average Bonchev–Trinajstić information content (AvgIpc) is 3.37. The van der Waals surface area contributed by atoms with E-state index in [4.69, 9.17) is 11.6 Å². The fourth-order valence-corrected chi connectivity index (χ4v) is 5.16. The van der Waals surface area contributed by atoms with Crippen LogP contribution in [0.15, 0.2) is 30.6 Å². The molecule has 5 rings (SSSR count). The van der Waals surface area contributed by atoms with Gasteiger partial charge in [-0.3, -0.25) is 14.7 Å². The summed E-state index contributed by atoms with van der Waals surface area (Å²) in [6, 6.07) is 4.68. The lowest BCUT2D eigenvalue weighted by Gasteiger charge is -2.36. The summed E-state index contributed by atoms with van der Waals surface area (Å²) < 4.78 is 13.8. The van der Waals surface area contributed by atoms with Gasteiger partial charge in [-0.1, -0.05) is 11.6 Å². The number of hydrogen-bond donors (Lipinski definition) is 2. The second-order valence-electron chi connectivity index (χ2n) is 8.82. The van der Waals surface area contributed by atoms with Gasteiger partial charge in [-0.05, 0) is 62.8 Å². The maximum atomic E-state index is 13.8. The third-order valence-electron chi connectivity index (χ3n) is 6.86.